The lowest BCUT2D eigenvalue weighted by molar-refractivity contribution is -0.140. The van der Waals surface area contributed by atoms with E-state index < -0.39 is 5.97 Å². The van der Waals surface area contributed by atoms with Crippen molar-refractivity contribution < 1.29 is 42.7 Å². The van der Waals surface area contributed by atoms with Crippen molar-refractivity contribution in [3.8, 4) is 0 Å². The first-order valence-corrected chi connectivity index (χ1v) is 9.70. The van der Waals surface area contributed by atoms with Crippen LogP contribution in [0.3, 0.4) is 0 Å². The molecule has 0 unspecified atom stereocenters. The number of carbonyl (C=O) groups is 1. The zero-order chi connectivity index (χ0) is 21.4. The Balaban J connectivity index is 3.06. The summed E-state index contributed by atoms with van der Waals surface area (Å²) < 4.78 is 41.8. The zero-order valence-electron chi connectivity index (χ0n) is 17.6. The van der Waals surface area contributed by atoms with Crippen LogP contribution >= 0.6 is 0 Å². The standard InChI is InChI=1S/C20H36O9/c1-4-22-5-6-23-7-8-24-9-10-25-11-12-26-13-14-27-15-16-28-17-18-29-20(21)19(2)3/h4H,1-2,5-18H2,3H3. The highest BCUT2D eigenvalue weighted by atomic mass is 16.6. The van der Waals surface area contributed by atoms with E-state index in [4.69, 9.17) is 37.9 Å². The van der Waals surface area contributed by atoms with Crippen LogP contribution in [-0.4, -0.2) is 98.5 Å². The first kappa shape index (κ1) is 27.5. The van der Waals surface area contributed by atoms with Gasteiger partial charge in [-0.3, -0.25) is 0 Å². The third-order valence-corrected chi connectivity index (χ3v) is 3.13. The molecule has 0 bridgehead atoms. The molecule has 0 N–H and O–H groups in total. The molecule has 0 aromatic rings. The SMILES string of the molecule is C=COCCOCCOCCOCCOCCOCCOCCOC(=O)C(=C)C. The van der Waals surface area contributed by atoms with Crippen LogP contribution in [-0.2, 0) is 42.7 Å². The van der Waals surface area contributed by atoms with Crippen molar-refractivity contribution in [2.75, 3.05) is 92.5 Å². The number of hydrogen-bond donors (Lipinski definition) is 0. The van der Waals surface area contributed by atoms with Gasteiger partial charge in [-0.1, -0.05) is 13.2 Å². The van der Waals surface area contributed by atoms with Crippen molar-refractivity contribution in [3.63, 3.8) is 0 Å². The Labute approximate surface area is 173 Å². The largest absolute Gasteiger partial charge is 0.499 e. The maximum absolute atomic E-state index is 11.1. The molecule has 170 valence electrons. The summed E-state index contributed by atoms with van der Waals surface area (Å²) in [6, 6.07) is 0. The van der Waals surface area contributed by atoms with E-state index in [1.165, 1.54) is 6.26 Å². The summed E-state index contributed by atoms with van der Waals surface area (Å²) in [5.41, 5.74) is 0.374. The predicted octanol–water partition coefficient (Wildman–Crippen LogP) is 1.37. The molecule has 9 heteroatoms. The molecule has 0 rings (SSSR count). The lowest BCUT2D eigenvalue weighted by atomic mass is 10.4. The van der Waals surface area contributed by atoms with Crippen LogP contribution in [0.1, 0.15) is 6.92 Å². The average Bonchev–Trinajstić information content (AvgIpc) is 2.71. The van der Waals surface area contributed by atoms with Crippen molar-refractivity contribution in [1.82, 2.24) is 0 Å². The fraction of sp³-hybridized carbons (Fsp3) is 0.750. The summed E-state index contributed by atoms with van der Waals surface area (Å²) in [6.45, 7) is 15.0. The van der Waals surface area contributed by atoms with Gasteiger partial charge in [0.05, 0.1) is 85.5 Å². The third kappa shape index (κ3) is 22.7. The van der Waals surface area contributed by atoms with Gasteiger partial charge in [0, 0.05) is 5.57 Å². The van der Waals surface area contributed by atoms with Crippen molar-refractivity contribution in [2.24, 2.45) is 0 Å². The molecule has 9 nitrogen and oxygen atoms in total. The second kappa shape index (κ2) is 22.8. The smallest absolute Gasteiger partial charge is 0.333 e. The Morgan fingerprint density at radius 2 is 0.931 bits per heavy atom. The van der Waals surface area contributed by atoms with Gasteiger partial charge >= 0.3 is 5.97 Å². The maximum atomic E-state index is 11.1. The summed E-state index contributed by atoms with van der Waals surface area (Å²) in [5.74, 6) is -0.408. The quantitative estimate of drug-likeness (QED) is 0.105. The van der Waals surface area contributed by atoms with Crippen LogP contribution in [0.15, 0.2) is 25.0 Å². The Kier molecular flexibility index (Phi) is 21.6. The maximum Gasteiger partial charge on any atom is 0.333 e. The van der Waals surface area contributed by atoms with Gasteiger partial charge in [-0.2, -0.15) is 0 Å². The van der Waals surface area contributed by atoms with Gasteiger partial charge in [0.15, 0.2) is 0 Å². The van der Waals surface area contributed by atoms with Crippen LogP contribution in [0.5, 0.6) is 0 Å². The van der Waals surface area contributed by atoms with Crippen LogP contribution in [0.2, 0.25) is 0 Å². The van der Waals surface area contributed by atoms with E-state index in [1.54, 1.807) is 6.92 Å². The molecular formula is C20H36O9. The summed E-state index contributed by atoms with van der Waals surface area (Å²) in [6.07, 6.45) is 1.39. The second-order valence-electron chi connectivity index (χ2n) is 5.63. The fourth-order valence-electron chi connectivity index (χ4n) is 1.71. The number of carbonyl (C=O) groups excluding carboxylic acids is 1. The minimum Gasteiger partial charge on any atom is -0.499 e. The predicted molar refractivity (Wildman–Crippen MR) is 107 cm³/mol. The minimum absolute atomic E-state index is 0.207. The fourth-order valence-corrected chi connectivity index (χ4v) is 1.71. The summed E-state index contributed by atoms with van der Waals surface area (Å²) in [4.78, 5) is 11.1. The van der Waals surface area contributed by atoms with E-state index in [2.05, 4.69) is 13.2 Å². The van der Waals surface area contributed by atoms with Crippen molar-refractivity contribution in [2.45, 2.75) is 6.92 Å². The topological polar surface area (TPSA) is 90.9 Å². The van der Waals surface area contributed by atoms with Gasteiger partial charge in [0.25, 0.3) is 0 Å². The molecular weight excluding hydrogens is 384 g/mol. The van der Waals surface area contributed by atoms with Gasteiger partial charge in [-0.25, -0.2) is 4.79 Å². The molecule has 0 radical (unpaired) electrons. The molecule has 0 aliphatic carbocycles. The second-order valence-corrected chi connectivity index (χ2v) is 5.63. The number of rotatable bonds is 23. The lowest BCUT2D eigenvalue weighted by Crippen LogP contribution is -2.15. The van der Waals surface area contributed by atoms with E-state index in [1.807, 2.05) is 0 Å². The lowest BCUT2D eigenvalue weighted by Gasteiger charge is -2.08. The van der Waals surface area contributed by atoms with Crippen LogP contribution in [0, 0.1) is 0 Å². The van der Waals surface area contributed by atoms with Crippen molar-refractivity contribution >= 4 is 5.97 Å². The molecule has 0 aromatic carbocycles. The number of hydrogen-bond acceptors (Lipinski definition) is 9. The van der Waals surface area contributed by atoms with Gasteiger partial charge in [-0.05, 0) is 6.92 Å². The van der Waals surface area contributed by atoms with E-state index in [9.17, 15) is 4.79 Å². The third-order valence-electron chi connectivity index (χ3n) is 3.13. The summed E-state index contributed by atoms with van der Waals surface area (Å²) in [7, 11) is 0. The van der Waals surface area contributed by atoms with Crippen LogP contribution < -0.4 is 0 Å². The highest BCUT2D eigenvalue weighted by Gasteiger charge is 2.01. The van der Waals surface area contributed by atoms with Crippen molar-refractivity contribution in [3.05, 3.63) is 25.0 Å². The molecule has 0 spiro atoms. The molecule has 0 amide bonds. The highest BCUT2D eigenvalue weighted by molar-refractivity contribution is 5.86. The Morgan fingerprint density at radius 1 is 0.621 bits per heavy atom. The normalized spacial score (nSPS) is 10.7. The zero-order valence-corrected chi connectivity index (χ0v) is 17.6. The minimum atomic E-state index is -0.408. The van der Waals surface area contributed by atoms with Gasteiger partial charge in [0.1, 0.15) is 13.2 Å². The molecule has 0 aliphatic rings. The Morgan fingerprint density at radius 3 is 1.24 bits per heavy atom. The first-order chi connectivity index (χ1) is 14.2. The van der Waals surface area contributed by atoms with Gasteiger partial charge in [0.2, 0.25) is 0 Å². The summed E-state index contributed by atoms with van der Waals surface area (Å²) >= 11 is 0. The average molecular weight is 420 g/mol. The van der Waals surface area contributed by atoms with Gasteiger partial charge in [-0.15, -0.1) is 0 Å². The molecule has 0 saturated heterocycles. The monoisotopic (exact) mass is 420 g/mol. The van der Waals surface area contributed by atoms with E-state index in [0.29, 0.717) is 91.5 Å². The molecule has 0 aromatic heterocycles. The van der Waals surface area contributed by atoms with E-state index in [0.717, 1.165) is 0 Å². The van der Waals surface area contributed by atoms with Crippen LogP contribution in [0.4, 0.5) is 0 Å². The first-order valence-electron chi connectivity index (χ1n) is 9.70. The van der Waals surface area contributed by atoms with E-state index >= 15 is 0 Å². The van der Waals surface area contributed by atoms with Crippen molar-refractivity contribution in [1.29, 1.82) is 0 Å². The Bertz CT molecular complexity index is 401. The summed E-state index contributed by atoms with van der Waals surface area (Å²) in [5, 5.41) is 0. The number of ether oxygens (including phenoxy) is 8. The molecule has 0 heterocycles. The molecule has 0 saturated carbocycles. The van der Waals surface area contributed by atoms with E-state index in [-0.39, 0.29) is 6.61 Å². The van der Waals surface area contributed by atoms with Crippen LogP contribution in [0.25, 0.3) is 0 Å². The number of esters is 1. The molecule has 29 heavy (non-hydrogen) atoms. The molecule has 0 atom stereocenters. The van der Waals surface area contributed by atoms with Gasteiger partial charge < -0.3 is 37.9 Å². The highest BCUT2D eigenvalue weighted by Crippen LogP contribution is 1.91. The molecule has 0 fully saturated rings. The Hall–Kier alpha value is -1.49. The molecule has 0 aliphatic heterocycles.